The molecule has 0 amide bonds. The molecule has 1 fully saturated rings. The highest BCUT2D eigenvalue weighted by Crippen LogP contribution is 2.35. The summed E-state index contributed by atoms with van der Waals surface area (Å²) in [6.07, 6.45) is -1.29. The van der Waals surface area contributed by atoms with Crippen LogP contribution in [-0.2, 0) is 35.0 Å². The Hall–Kier alpha value is -3.01. The van der Waals surface area contributed by atoms with Crippen molar-refractivity contribution < 1.29 is 37.7 Å². The van der Waals surface area contributed by atoms with E-state index in [1.807, 2.05) is 6.92 Å². The van der Waals surface area contributed by atoms with E-state index in [4.69, 9.17) is 23.4 Å². The second kappa shape index (κ2) is 10.7. The number of esters is 3. The molecular weight excluding hydrogens is 452 g/mol. The van der Waals surface area contributed by atoms with Crippen LogP contribution in [0.3, 0.4) is 0 Å². The molecule has 1 aliphatic rings. The Balaban J connectivity index is 1.92. The number of benzene rings is 1. The van der Waals surface area contributed by atoms with Gasteiger partial charge in [-0.05, 0) is 24.1 Å². The van der Waals surface area contributed by atoms with Gasteiger partial charge in [0, 0.05) is 44.0 Å². The van der Waals surface area contributed by atoms with E-state index in [1.54, 1.807) is 18.2 Å². The summed E-state index contributed by atoms with van der Waals surface area (Å²) in [7, 11) is 0. The first-order valence-electron chi connectivity index (χ1n) is 10.5. The SMILES string of the molecule is CCCc1cc(=O)oc2cc(O[C@H]3SC[C@@H](OC(C)=O)[C@H](OC(C)=O)[C@H]3OC(C)=O)ccc12. The normalized spacial score (nSPS) is 22.4. The summed E-state index contributed by atoms with van der Waals surface area (Å²) < 4.78 is 27.5. The zero-order valence-electron chi connectivity index (χ0n) is 18.8. The molecule has 1 saturated heterocycles. The lowest BCUT2D eigenvalue weighted by atomic mass is 10.1. The highest BCUT2D eigenvalue weighted by atomic mass is 32.2. The molecule has 0 N–H and O–H groups in total. The Morgan fingerprint density at radius 3 is 2.30 bits per heavy atom. The molecule has 1 aromatic carbocycles. The largest absolute Gasteiger partial charge is 0.476 e. The molecule has 9 nitrogen and oxygen atoms in total. The number of aryl methyl sites for hydroxylation is 1. The van der Waals surface area contributed by atoms with Crippen LogP contribution in [0.1, 0.15) is 39.7 Å². The smallest absolute Gasteiger partial charge is 0.336 e. The number of rotatable bonds is 7. The lowest BCUT2D eigenvalue weighted by Crippen LogP contribution is -2.55. The van der Waals surface area contributed by atoms with Crippen molar-refractivity contribution in [2.75, 3.05) is 5.75 Å². The van der Waals surface area contributed by atoms with Gasteiger partial charge in [-0.25, -0.2) is 4.79 Å². The van der Waals surface area contributed by atoms with Gasteiger partial charge in [-0.1, -0.05) is 13.3 Å². The lowest BCUT2D eigenvalue weighted by Gasteiger charge is -2.39. The number of ether oxygens (including phenoxy) is 4. The number of carbonyl (C=O) groups is 3. The maximum atomic E-state index is 12.0. The van der Waals surface area contributed by atoms with Gasteiger partial charge in [0.05, 0.1) is 0 Å². The first-order chi connectivity index (χ1) is 15.7. The summed E-state index contributed by atoms with van der Waals surface area (Å²) in [5.74, 6) is -1.14. The van der Waals surface area contributed by atoms with Gasteiger partial charge < -0.3 is 23.4 Å². The molecule has 33 heavy (non-hydrogen) atoms. The van der Waals surface area contributed by atoms with Crippen molar-refractivity contribution in [1.29, 1.82) is 0 Å². The minimum atomic E-state index is -1.05. The van der Waals surface area contributed by atoms with E-state index in [-0.39, 0.29) is 5.75 Å². The van der Waals surface area contributed by atoms with Gasteiger partial charge in [0.25, 0.3) is 0 Å². The molecule has 3 rings (SSSR count). The number of hydrogen-bond donors (Lipinski definition) is 0. The van der Waals surface area contributed by atoms with E-state index < -0.39 is 47.3 Å². The van der Waals surface area contributed by atoms with Crippen LogP contribution in [0.5, 0.6) is 5.75 Å². The van der Waals surface area contributed by atoms with E-state index in [0.29, 0.717) is 11.3 Å². The van der Waals surface area contributed by atoms with E-state index >= 15 is 0 Å². The fourth-order valence-corrected chi connectivity index (χ4v) is 4.92. The van der Waals surface area contributed by atoms with Crippen molar-refractivity contribution in [3.63, 3.8) is 0 Å². The Labute approximate surface area is 194 Å². The van der Waals surface area contributed by atoms with Crippen LogP contribution in [0.25, 0.3) is 11.0 Å². The number of thioether (sulfide) groups is 1. The Morgan fingerprint density at radius 1 is 1.00 bits per heavy atom. The topological polar surface area (TPSA) is 118 Å². The van der Waals surface area contributed by atoms with E-state index in [9.17, 15) is 19.2 Å². The van der Waals surface area contributed by atoms with Gasteiger partial charge in [-0.3, -0.25) is 14.4 Å². The van der Waals surface area contributed by atoms with Crippen LogP contribution in [0.2, 0.25) is 0 Å². The third-order valence-electron chi connectivity index (χ3n) is 4.88. The monoisotopic (exact) mass is 478 g/mol. The molecule has 0 bridgehead atoms. The summed E-state index contributed by atoms with van der Waals surface area (Å²) >= 11 is 1.25. The molecule has 0 aliphatic carbocycles. The molecule has 0 saturated carbocycles. The fourth-order valence-electron chi connectivity index (χ4n) is 3.70. The third kappa shape index (κ3) is 6.28. The van der Waals surface area contributed by atoms with Crippen LogP contribution < -0.4 is 10.4 Å². The van der Waals surface area contributed by atoms with Crippen LogP contribution in [0.15, 0.2) is 33.5 Å². The van der Waals surface area contributed by atoms with Crippen molar-refractivity contribution in [3.8, 4) is 5.75 Å². The summed E-state index contributed by atoms with van der Waals surface area (Å²) in [4.78, 5) is 47.0. The van der Waals surface area contributed by atoms with E-state index in [2.05, 4.69) is 0 Å². The molecule has 178 valence electrons. The quantitative estimate of drug-likeness (QED) is 0.334. The first kappa shape index (κ1) is 24.6. The van der Waals surface area contributed by atoms with E-state index in [0.717, 1.165) is 23.8 Å². The zero-order chi connectivity index (χ0) is 24.1. The van der Waals surface area contributed by atoms with Crippen molar-refractivity contribution in [3.05, 3.63) is 40.2 Å². The number of fused-ring (bicyclic) bond motifs is 1. The zero-order valence-corrected chi connectivity index (χ0v) is 19.6. The van der Waals surface area contributed by atoms with Gasteiger partial charge in [0.1, 0.15) is 11.3 Å². The standard InChI is InChI=1S/C23H26O9S/c1-5-6-15-9-20(27)32-18-10-16(7-8-17(15)18)31-23-22(30-14(4)26)21(29-13(3)25)19(11-33-23)28-12(2)24/h7-10,19,21-23H,5-6,11H2,1-4H3/t19-,21+,22-,23+/m1/s1. The summed E-state index contributed by atoms with van der Waals surface area (Å²) in [5.41, 5.74) is 0.0435. The maximum Gasteiger partial charge on any atom is 0.336 e. The van der Waals surface area contributed by atoms with Gasteiger partial charge in [0.15, 0.2) is 23.7 Å². The van der Waals surface area contributed by atoms with Gasteiger partial charge in [-0.2, -0.15) is 0 Å². The third-order valence-corrected chi connectivity index (χ3v) is 6.09. The minimum Gasteiger partial charge on any atom is -0.476 e. The molecule has 4 atom stereocenters. The number of carbonyl (C=O) groups excluding carboxylic acids is 3. The van der Waals surface area contributed by atoms with Crippen molar-refractivity contribution in [1.82, 2.24) is 0 Å². The average molecular weight is 479 g/mol. The second-order valence-electron chi connectivity index (χ2n) is 7.61. The Kier molecular flexibility index (Phi) is 8.01. The number of hydrogen-bond acceptors (Lipinski definition) is 10. The fraction of sp³-hybridized carbons (Fsp3) is 0.478. The highest BCUT2D eigenvalue weighted by molar-refractivity contribution is 7.99. The molecule has 10 heteroatoms. The van der Waals surface area contributed by atoms with Crippen LogP contribution >= 0.6 is 11.8 Å². The van der Waals surface area contributed by atoms with E-state index in [1.165, 1.54) is 38.6 Å². The van der Waals surface area contributed by atoms with Crippen LogP contribution in [0, 0.1) is 0 Å². The second-order valence-corrected chi connectivity index (χ2v) is 8.75. The maximum absolute atomic E-state index is 12.0. The predicted molar refractivity (Wildman–Crippen MR) is 120 cm³/mol. The highest BCUT2D eigenvalue weighted by Gasteiger charge is 2.47. The molecule has 0 radical (unpaired) electrons. The minimum absolute atomic E-state index is 0.253. The van der Waals surface area contributed by atoms with Gasteiger partial charge in [-0.15, -0.1) is 11.8 Å². The van der Waals surface area contributed by atoms with Crippen molar-refractivity contribution in [2.45, 2.75) is 64.3 Å². The van der Waals surface area contributed by atoms with Gasteiger partial charge >= 0.3 is 23.5 Å². The molecular formula is C23H26O9S. The molecule has 0 spiro atoms. The summed E-state index contributed by atoms with van der Waals surface area (Å²) in [6.45, 7) is 5.71. The lowest BCUT2D eigenvalue weighted by molar-refractivity contribution is -0.186. The Morgan fingerprint density at radius 2 is 1.67 bits per heavy atom. The molecule has 1 aliphatic heterocycles. The summed E-state index contributed by atoms with van der Waals surface area (Å²) in [6, 6.07) is 6.61. The van der Waals surface area contributed by atoms with Gasteiger partial charge in [0.2, 0.25) is 0 Å². The summed E-state index contributed by atoms with van der Waals surface area (Å²) in [5, 5.41) is 0.810. The first-order valence-corrected chi connectivity index (χ1v) is 11.6. The Bertz CT molecular complexity index is 1090. The van der Waals surface area contributed by atoms with Crippen LogP contribution in [0.4, 0.5) is 0 Å². The van der Waals surface area contributed by atoms with Crippen molar-refractivity contribution in [2.24, 2.45) is 0 Å². The predicted octanol–water partition coefficient (Wildman–Crippen LogP) is 2.99. The van der Waals surface area contributed by atoms with Crippen LogP contribution in [-0.4, -0.2) is 47.4 Å². The molecule has 1 aromatic heterocycles. The molecule has 2 heterocycles. The van der Waals surface area contributed by atoms with Crippen molar-refractivity contribution >= 4 is 40.6 Å². The average Bonchev–Trinajstić information content (AvgIpc) is 2.71. The molecule has 0 unspecified atom stereocenters. The molecule has 2 aromatic rings.